The predicted octanol–water partition coefficient (Wildman–Crippen LogP) is 3.58. The van der Waals surface area contributed by atoms with Crippen LogP contribution in [0.15, 0.2) is 18.2 Å². The molecular formula is C11H11Cl2NO. The number of aliphatic hydroxyl groups excluding tert-OH is 1. The molecule has 0 aliphatic rings. The van der Waals surface area contributed by atoms with Gasteiger partial charge < -0.3 is 5.11 Å². The van der Waals surface area contributed by atoms with Crippen molar-refractivity contribution in [3.63, 3.8) is 0 Å². The van der Waals surface area contributed by atoms with E-state index in [0.29, 0.717) is 22.0 Å². The topological polar surface area (TPSA) is 44.0 Å². The molecule has 0 aliphatic carbocycles. The lowest BCUT2D eigenvalue weighted by molar-refractivity contribution is 0.133. The summed E-state index contributed by atoms with van der Waals surface area (Å²) in [4.78, 5) is 0. The smallest absolute Gasteiger partial charge is 0.0962 e. The average Bonchev–Trinajstić information content (AvgIpc) is 2.23. The van der Waals surface area contributed by atoms with Crippen LogP contribution in [0.1, 0.15) is 25.0 Å². The Labute approximate surface area is 99.0 Å². The molecule has 80 valence electrons. The molecule has 4 heteroatoms. The number of rotatable bonds is 3. The van der Waals surface area contributed by atoms with E-state index in [1.807, 2.05) is 13.0 Å². The molecule has 2 atom stereocenters. The number of aliphatic hydroxyl groups is 1. The third-order valence-electron chi connectivity index (χ3n) is 2.26. The summed E-state index contributed by atoms with van der Waals surface area (Å²) in [5, 5.41) is 19.7. The van der Waals surface area contributed by atoms with Gasteiger partial charge in [0.1, 0.15) is 0 Å². The van der Waals surface area contributed by atoms with Crippen LogP contribution in [-0.4, -0.2) is 5.11 Å². The molecule has 0 radical (unpaired) electrons. The molecule has 15 heavy (non-hydrogen) atoms. The maximum absolute atomic E-state index is 9.92. The van der Waals surface area contributed by atoms with E-state index in [2.05, 4.69) is 0 Å². The van der Waals surface area contributed by atoms with E-state index < -0.39 is 12.0 Å². The van der Waals surface area contributed by atoms with Gasteiger partial charge in [-0.15, -0.1) is 0 Å². The van der Waals surface area contributed by atoms with E-state index in [0.717, 1.165) is 0 Å². The molecule has 1 aromatic rings. The molecular weight excluding hydrogens is 233 g/mol. The lowest BCUT2D eigenvalue weighted by atomic mass is 9.95. The highest BCUT2D eigenvalue weighted by Crippen LogP contribution is 2.31. The predicted molar refractivity (Wildman–Crippen MR) is 60.8 cm³/mol. The van der Waals surface area contributed by atoms with Crippen molar-refractivity contribution in [1.29, 1.82) is 5.26 Å². The molecule has 0 aromatic heterocycles. The number of hydrogen-bond donors (Lipinski definition) is 1. The van der Waals surface area contributed by atoms with Gasteiger partial charge in [-0.1, -0.05) is 30.1 Å². The number of nitriles is 1. The molecule has 0 amide bonds. The first-order chi connectivity index (χ1) is 7.10. The Bertz CT molecular complexity index is 387. The minimum Gasteiger partial charge on any atom is -0.387 e. The van der Waals surface area contributed by atoms with Crippen LogP contribution in [-0.2, 0) is 0 Å². The summed E-state index contributed by atoms with van der Waals surface area (Å²) >= 11 is 11.7. The fraction of sp³-hybridized carbons (Fsp3) is 0.364. The standard InChI is InChI=1S/C11H11Cl2NO/c1-2-7(6-14)11(15)9-5-8(12)3-4-10(9)13/h3-5,7,11,15H,2H2,1H3. The summed E-state index contributed by atoms with van der Waals surface area (Å²) < 4.78 is 0. The number of hydrogen-bond acceptors (Lipinski definition) is 2. The van der Waals surface area contributed by atoms with E-state index in [1.165, 1.54) is 0 Å². The van der Waals surface area contributed by atoms with Gasteiger partial charge in [-0.25, -0.2) is 0 Å². The van der Waals surface area contributed by atoms with Gasteiger partial charge >= 0.3 is 0 Å². The fourth-order valence-electron chi connectivity index (χ4n) is 1.34. The third-order valence-corrected chi connectivity index (χ3v) is 2.84. The van der Waals surface area contributed by atoms with Gasteiger partial charge in [-0.2, -0.15) is 5.26 Å². The van der Waals surface area contributed by atoms with Crippen molar-refractivity contribution in [2.75, 3.05) is 0 Å². The quantitative estimate of drug-likeness (QED) is 0.883. The van der Waals surface area contributed by atoms with Crippen LogP contribution in [0.2, 0.25) is 10.0 Å². The summed E-state index contributed by atoms with van der Waals surface area (Å²) in [5.41, 5.74) is 0.512. The molecule has 0 spiro atoms. The highest BCUT2D eigenvalue weighted by atomic mass is 35.5. The summed E-state index contributed by atoms with van der Waals surface area (Å²) in [5.74, 6) is -0.457. The molecule has 0 bridgehead atoms. The summed E-state index contributed by atoms with van der Waals surface area (Å²) in [7, 11) is 0. The zero-order valence-electron chi connectivity index (χ0n) is 8.24. The van der Waals surface area contributed by atoms with Crippen molar-refractivity contribution in [2.45, 2.75) is 19.4 Å². The Morgan fingerprint density at radius 2 is 2.13 bits per heavy atom. The van der Waals surface area contributed by atoms with Gasteiger partial charge in [0.15, 0.2) is 0 Å². The second kappa shape index (κ2) is 5.37. The Kier molecular flexibility index (Phi) is 4.41. The largest absolute Gasteiger partial charge is 0.387 e. The first-order valence-corrected chi connectivity index (χ1v) is 5.38. The summed E-state index contributed by atoms with van der Waals surface area (Å²) in [6.45, 7) is 1.84. The molecule has 0 saturated carbocycles. The minimum absolute atomic E-state index is 0.431. The van der Waals surface area contributed by atoms with Crippen LogP contribution in [0.25, 0.3) is 0 Å². The Morgan fingerprint density at radius 1 is 1.47 bits per heavy atom. The SMILES string of the molecule is CCC(C#N)C(O)c1cc(Cl)ccc1Cl. The van der Waals surface area contributed by atoms with E-state index in [-0.39, 0.29) is 0 Å². The van der Waals surface area contributed by atoms with Crippen LogP contribution < -0.4 is 0 Å². The Morgan fingerprint density at radius 3 is 2.67 bits per heavy atom. The number of halogens is 2. The Balaban J connectivity index is 3.05. The van der Waals surface area contributed by atoms with Crippen molar-refractivity contribution in [2.24, 2.45) is 5.92 Å². The summed E-state index contributed by atoms with van der Waals surface area (Å²) in [6.07, 6.45) is -0.313. The fourth-order valence-corrected chi connectivity index (χ4v) is 1.75. The van der Waals surface area contributed by atoms with E-state index in [1.54, 1.807) is 18.2 Å². The third kappa shape index (κ3) is 2.85. The van der Waals surface area contributed by atoms with Gasteiger partial charge in [0.2, 0.25) is 0 Å². The molecule has 0 aliphatic heterocycles. The molecule has 0 fully saturated rings. The van der Waals surface area contributed by atoms with Crippen LogP contribution in [0.4, 0.5) is 0 Å². The first kappa shape index (κ1) is 12.3. The number of benzene rings is 1. The van der Waals surface area contributed by atoms with Crippen LogP contribution in [0, 0.1) is 17.2 Å². The monoisotopic (exact) mass is 243 g/mol. The highest BCUT2D eigenvalue weighted by molar-refractivity contribution is 6.33. The maximum Gasteiger partial charge on any atom is 0.0962 e. The lowest BCUT2D eigenvalue weighted by Gasteiger charge is -2.16. The van der Waals surface area contributed by atoms with Crippen LogP contribution in [0.3, 0.4) is 0 Å². The van der Waals surface area contributed by atoms with E-state index in [9.17, 15) is 5.11 Å². The molecule has 2 unspecified atom stereocenters. The summed E-state index contributed by atoms with van der Waals surface area (Å²) in [6, 6.07) is 6.90. The zero-order valence-corrected chi connectivity index (χ0v) is 9.76. The average molecular weight is 244 g/mol. The molecule has 0 saturated heterocycles. The minimum atomic E-state index is -0.883. The van der Waals surface area contributed by atoms with Crippen molar-refractivity contribution in [3.05, 3.63) is 33.8 Å². The van der Waals surface area contributed by atoms with Gasteiger partial charge in [-0.3, -0.25) is 0 Å². The van der Waals surface area contributed by atoms with Crippen molar-refractivity contribution >= 4 is 23.2 Å². The van der Waals surface area contributed by atoms with Gasteiger partial charge in [-0.05, 0) is 24.6 Å². The van der Waals surface area contributed by atoms with E-state index >= 15 is 0 Å². The van der Waals surface area contributed by atoms with Crippen LogP contribution in [0.5, 0.6) is 0 Å². The molecule has 1 aromatic carbocycles. The molecule has 1 rings (SSSR count). The van der Waals surface area contributed by atoms with Crippen molar-refractivity contribution in [3.8, 4) is 6.07 Å². The van der Waals surface area contributed by atoms with Gasteiger partial charge in [0.25, 0.3) is 0 Å². The maximum atomic E-state index is 9.92. The second-order valence-electron chi connectivity index (χ2n) is 3.25. The van der Waals surface area contributed by atoms with Gasteiger partial charge in [0.05, 0.1) is 18.1 Å². The Hall–Kier alpha value is -0.750. The van der Waals surface area contributed by atoms with Gasteiger partial charge in [0, 0.05) is 15.6 Å². The van der Waals surface area contributed by atoms with Crippen molar-refractivity contribution in [1.82, 2.24) is 0 Å². The molecule has 1 N–H and O–H groups in total. The first-order valence-electron chi connectivity index (χ1n) is 4.62. The lowest BCUT2D eigenvalue weighted by Crippen LogP contribution is -2.10. The molecule has 0 heterocycles. The zero-order chi connectivity index (χ0) is 11.4. The van der Waals surface area contributed by atoms with Crippen molar-refractivity contribution < 1.29 is 5.11 Å². The van der Waals surface area contributed by atoms with E-state index in [4.69, 9.17) is 28.5 Å². The number of nitrogens with zero attached hydrogens (tertiary/aromatic N) is 1. The van der Waals surface area contributed by atoms with Crippen LogP contribution >= 0.6 is 23.2 Å². The normalized spacial score (nSPS) is 14.3. The molecule has 2 nitrogen and oxygen atoms in total. The second-order valence-corrected chi connectivity index (χ2v) is 4.10. The highest BCUT2D eigenvalue weighted by Gasteiger charge is 2.21.